The Labute approximate surface area is 106 Å². The molecule has 2 N–H and O–H groups in total. The van der Waals surface area contributed by atoms with Crippen molar-refractivity contribution in [3.05, 3.63) is 47.9 Å². The molecular weight excluding hydrogens is 226 g/mol. The van der Waals surface area contributed by atoms with Crippen molar-refractivity contribution in [2.24, 2.45) is 5.73 Å². The molecule has 2 rings (SSSR count). The maximum Gasteiger partial charge on any atom is 0.217 e. The number of primary amides is 1. The van der Waals surface area contributed by atoms with Crippen molar-refractivity contribution in [3.63, 3.8) is 0 Å². The zero-order valence-corrected chi connectivity index (χ0v) is 10.3. The Morgan fingerprint density at radius 1 is 1.33 bits per heavy atom. The van der Waals surface area contributed by atoms with Crippen LogP contribution in [0.5, 0.6) is 0 Å². The molecule has 0 saturated carbocycles. The minimum Gasteiger partial charge on any atom is -0.370 e. The molecule has 1 aromatic carbocycles. The van der Waals surface area contributed by atoms with Gasteiger partial charge in [-0.1, -0.05) is 12.1 Å². The molecule has 0 aliphatic carbocycles. The topological polar surface area (TPSA) is 68.9 Å². The van der Waals surface area contributed by atoms with Crippen LogP contribution in [-0.4, -0.2) is 15.9 Å². The Hall–Kier alpha value is -2.23. The van der Waals surface area contributed by atoms with E-state index in [0.717, 1.165) is 22.4 Å². The number of carbonyl (C=O) groups is 1. The first-order chi connectivity index (χ1) is 8.66. The Balaban J connectivity index is 2.29. The molecule has 18 heavy (non-hydrogen) atoms. The zero-order valence-electron chi connectivity index (χ0n) is 10.3. The van der Waals surface area contributed by atoms with Crippen LogP contribution in [0.4, 0.5) is 0 Å². The predicted molar refractivity (Wildman–Crippen MR) is 69.7 cm³/mol. The quantitative estimate of drug-likeness (QED) is 0.888. The van der Waals surface area contributed by atoms with E-state index < -0.39 is 0 Å². The highest BCUT2D eigenvalue weighted by Gasteiger charge is 2.05. The molecule has 0 fully saturated rings. The van der Waals surface area contributed by atoms with Gasteiger partial charge in [-0.25, -0.2) is 0 Å². The lowest BCUT2D eigenvalue weighted by Gasteiger charge is -2.07. The number of nitrogens with two attached hydrogens (primary N) is 1. The zero-order chi connectivity index (χ0) is 13.0. The third kappa shape index (κ3) is 2.91. The number of benzene rings is 1. The highest BCUT2D eigenvalue weighted by molar-refractivity contribution is 5.74. The maximum atomic E-state index is 10.8. The van der Waals surface area contributed by atoms with Gasteiger partial charge in [0.25, 0.3) is 0 Å². The highest BCUT2D eigenvalue weighted by Crippen LogP contribution is 2.20. The predicted octanol–water partition coefficient (Wildman–Crippen LogP) is 1.87. The van der Waals surface area contributed by atoms with E-state index in [0.29, 0.717) is 12.8 Å². The SMILES string of the molecule is Cc1ccc(-c2cnccn2)cc1CCC(N)=O. The van der Waals surface area contributed by atoms with Crippen LogP contribution in [0.3, 0.4) is 0 Å². The van der Waals surface area contributed by atoms with Crippen LogP contribution in [0.2, 0.25) is 0 Å². The van der Waals surface area contributed by atoms with Crippen molar-refractivity contribution in [1.82, 2.24) is 9.97 Å². The Morgan fingerprint density at radius 3 is 2.83 bits per heavy atom. The van der Waals surface area contributed by atoms with Gasteiger partial charge < -0.3 is 5.73 Å². The summed E-state index contributed by atoms with van der Waals surface area (Å²) in [5, 5.41) is 0. The van der Waals surface area contributed by atoms with Crippen LogP contribution in [0.1, 0.15) is 17.5 Å². The molecule has 0 bridgehead atoms. The summed E-state index contributed by atoms with van der Waals surface area (Å²) < 4.78 is 0. The van der Waals surface area contributed by atoms with Crippen molar-refractivity contribution >= 4 is 5.91 Å². The summed E-state index contributed by atoms with van der Waals surface area (Å²) >= 11 is 0. The van der Waals surface area contributed by atoms with Gasteiger partial charge in [-0.2, -0.15) is 0 Å². The first-order valence-electron chi connectivity index (χ1n) is 5.81. The van der Waals surface area contributed by atoms with E-state index in [-0.39, 0.29) is 5.91 Å². The van der Waals surface area contributed by atoms with Crippen molar-refractivity contribution in [3.8, 4) is 11.3 Å². The lowest BCUT2D eigenvalue weighted by molar-refractivity contribution is -0.117. The molecule has 0 unspecified atom stereocenters. The van der Waals surface area contributed by atoms with Crippen LogP contribution in [0.15, 0.2) is 36.8 Å². The van der Waals surface area contributed by atoms with Crippen molar-refractivity contribution in [2.45, 2.75) is 19.8 Å². The molecule has 0 aliphatic heterocycles. The Kier molecular flexibility index (Phi) is 3.67. The monoisotopic (exact) mass is 241 g/mol. The van der Waals surface area contributed by atoms with Gasteiger partial charge in [-0.3, -0.25) is 14.8 Å². The fourth-order valence-corrected chi connectivity index (χ4v) is 1.81. The number of rotatable bonds is 4. The summed E-state index contributed by atoms with van der Waals surface area (Å²) in [6.07, 6.45) is 6.06. The molecule has 0 spiro atoms. The minimum absolute atomic E-state index is 0.278. The van der Waals surface area contributed by atoms with Crippen molar-refractivity contribution in [2.75, 3.05) is 0 Å². The standard InChI is InChI=1S/C14H15N3O/c1-10-2-3-12(13-9-16-6-7-17-13)8-11(10)4-5-14(15)18/h2-3,6-9H,4-5H2,1H3,(H2,15,18). The number of aryl methyl sites for hydroxylation is 2. The second kappa shape index (κ2) is 5.40. The number of hydrogen-bond acceptors (Lipinski definition) is 3. The van der Waals surface area contributed by atoms with E-state index in [1.165, 1.54) is 0 Å². The molecule has 0 saturated heterocycles. The van der Waals surface area contributed by atoms with Crippen LogP contribution < -0.4 is 5.73 Å². The average molecular weight is 241 g/mol. The van der Waals surface area contributed by atoms with Crippen LogP contribution in [0.25, 0.3) is 11.3 Å². The van der Waals surface area contributed by atoms with Crippen LogP contribution in [0, 0.1) is 6.92 Å². The lowest BCUT2D eigenvalue weighted by atomic mass is 9.99. The summed E-state index contributed by atoms with van der Waals surface area (Å²) in [6.45, 7) is 2.02. The fourth-order valence-electron chi connectivity index (χ4n) is 1.81. The van der Waals surface area contributed by atoms with E-state index in [2.05, 4.69) is 9.97 Å². The van der Waals surface area contributed by atoms with E-state index in [9.17, 15) is 4.79 Å². The lowest BCUT2D eigenvalue weighted by Crippen LogP contribution is -2.11. The minimum atomic E-state index is -0.278. The van der Waals surface area contributed by atoms with Gasteiger partial charge in [0, 0.05) is 24.4 Å². The third-order valence-corrected chi connectivity index (χ3v) is 2.85. The fraction of sp³-hybridized carbons (Fsp3) is 0.214. The normalized spacial score (nSPS) is 10.3. The molecule has 92 valence electrons. The number of nitrogens with zero attached hydrogens (tertiary/aromatic N) is 2. The summed E-state index contributed by atoms with van der Waals surface area (Å²) in [5.41, 5.74) is 9.30. The molecule has 0 radical (unpaired) electrons. The molecule has 1 heterocycles. The van der Waals surface area contributed by atoms with Gasteiger partial charge in [-0.05, 0) is 30.5 Å². The van der Waals surface area contributed by atoms with Gasteiger partial charge in [-0.15, -0.1) is 0 Å². The number of aromatic nitrogens is 2. The van der Waals surface area contributed by atoms with Crippen molar-refractivity contribution < 1.29 is 4.79 Å². The molecule has 2 aromatic rings. The molecule has 1 aromatic heterocycles. The molecule has 4 nitrogen and oxygen atoms in total. The van der Waals surface area contributed by atoms with Gasteiger partial charge >= 0.3 is 0 Å². The molecular formula is C14H15N3O. The Bertz CT molecular complexity index is 552. The second-order valence-corrected chi connectivity index (χ2v) is 4.20. The first kappa shape index (κ1) is 12.2. The van der Waals surface area contributed by atoms with Gasteiger partial charge in [0.05, 0.1) is 11.9 Å². The second-order valence-electron chi connectivity index (χ2n) is 4.20. The van der Waals surface area contributed by atoms with Gasteiger partial charge in [0.15, 0.2) is 0 Å². The van der Waals surface area contributed by atoms with Gasteiger partial charge in [0.1, 0.15) is 0 Å². The maximum absolute atomic E-state index is 10.8. The Morgan fingerprint density at radius 2 is 2.17 bits per heavy atom. The van der Waals surface area contributed by atoms with Crippen LogP contribution >= 0.6 is 0 Å². The van der Waals surface area contributed by atoms with E-state index in [1.54, 1.807) is 18.6 Å². The molecule has 0 atom stereocenters. The first-order valence-corrected chi connectivity index (χ1v) is 5.81. The average Bonchev–Trinajstić information content (AvgIpc) is 2.38. The third-order valence-electron chi connectivity index (χ3n) is 2.85. The van der Waals surface area contributed by atoms with E-state index >= 15 is 0 Å². The van der Waals surface area contributed by atoms with Gasteiger partial charge in [0.2, 0.25) is 5.91 Å². The smallest absolute Gasteiger partial charge is 0.217 e. The van der Waals surface area contributed by atoms with E-state index in [4.69, 9.17) is 5.73 Å². The number of hydrogen-bond donors (Lipinski definition) is 1. The largest absolute Gasteiger partial charge is 0.370 e. The summed E-state index contributed by atoms with van der Waals surface area (Å²) in [5.74, 6) is -0.278. The summed E-state index contributed by atoms with van der Waals surface area (Å²) in [7, 11) is 0. The molecule has 0 aliphatic rings. The van der Waals surface area contributed by atoms with Crippen LogP contribution in [-0.2, 0) is 11.2 Å². The summed E-state index contributed by atoms with van der Waals surface area (Å²) in [4.78, 5) is 19.2. The number of amides is 1. The number of carbonyl (C=O) groups excluding carboxylic acids is 1. The van der Waals surface area contributed by atoms with E-state index in [1.807, 2.05) is 25.1 Å². The molecule has 4 heteroatoms. The highest BCUT2D eigenvalue weighted by atomic mass is 16.1. The van der Waals surface area contributed by atoms with Crippen molar-refractivity contribution in [1.29, 1.82) is 0 Å². The summed E-state index contributed by atoms with van der Waals surface area (Å²) in [6, 6.07) is 6.08. The molecule has 1 amide bonds.